The van der Waals surface area contributed by atoms with Gasteiger partial charge in [-0.3, -0.25) is 0 Å². The molecule has 0 aliphatic carbocycles. The Morgan fingerprint density at radius 2 is 0.517 bits per heavy atom. The highest BCUT2D eigenvalue weighted by Crippen LogP contribution is 2.54. The molecule has 8 bridgehead atoms. The van der Waals surface area contributed by atoms with Gasteiger partial charge in [0.25, 0.3) is 0 Å². The summed E-state index contributed by atoms with van der Waals surface area (Å²) in [6.07, 6.45) is 4.59. The molecule has 11 rings (SSSR count). The Morgan fingerprint density at radius 1 is 0.236 bits per heavy atom. The van der Waals surface area contributed by atoms with Crippen LogP contribution in [0.2, 0.25) is 0 Å². The average Bonchev–Trinajstić information content (AvgIpc) is 1.64. The number of aromatic amines is 3. The fourth-order valence-corrected chi connectivity index (χ4v) is 13.9. The Labute approximate surface area is 532 Å². The first-order chi connectivity index (χ1) is 41.2. The van der Waals surface area contributed by atoms with E-state index >= 15 is 0 Å². The number of nitrogens with one attached hydrogen (secondary N) is 3. The number of H-pyrrole nitrogens is 3. The molecule has 0 saturated carbocycles. The molecule has 0 radical (unpaired) electrons. The van der Waals surface area contributed by atoms with Gasteiger partial charge in [-0.05, 0) is 146 Å². The highest BCUT2D eigenvalue weighted by atomic mass is 15.0. The number of hydrogen-bond donors (Lipinski definition) is 3. The number of hydrogen-bond acceptors (Lipinski definition) is 3. The second-order valence-electron chi connectivity index (χ2n) is 33.7. The zero-order valence-electron chi connectivity index (χ0n) is 58.1. The summed E-state index contributed by atoms with van der Waals surface area (Å²) in [6, 6.07) is 47.7. The Balaban J connectivity index is 1.53. The van der Waals surface area contributed by atoms with E-state index in [1.807, 2.05) is 0 Å². The molecule has 0 atom stereocenters. The summed E-state index contributed by atoms with van der Waals surface area (Å²) in [5.41, 5.74) is 26.9. The highest BCUT2D eigenvalue weighted by molar-refractivity contribution is 6.06. The van der Waals surface area contributed by atoms with Crippen molar-refractivity contribution in [3.8, 4) is 78.7 Å². The van der Waals surface area contributed by atoms with Gasteiger partial charge in [-0.15, -0.1) is 0 Å². The van der Waals surface area contributed by atoms with Gasteiger partial charge in [-0.1, -0.05) is 269 Å². The Kier molecular flexibility index (Phi) is 15.1. The van der Waals surface area contributed by atoms with Crippen molar-refractivity contribution in [2.75, 3.05) is 0 Å². The van der Waals surface area contributed by atoms with Gasteiger partial charge in [0.1, 0.15) is 17.2 Å². The van der Waals surface area contributed by atoms with Crippen LogP contribution in [0.1, 0.15) is 222 Å². The SMILES string of the molecule is CC(C)(C)c1cccc(C(C)(C)C)c1-c1c2nc(c(-c3c(C(C)(C)C)cccc3C(C)(C)C)c3ccc([nH]3)c(-c3c(C(C)(C)C)cccc3C(C)(C)C)c3nc(c(-c4c(C(C)(C)C)cccc4C(C)(C)C)c4ccc1[nH]4)-c1nc(-c4ccccc4)[nH]c1-3)C=C2. The normalized spacial score (nSPS) is 13.6. The molecule has 2 aliphatic rings. The average molecular weight is 1180 g/mol. The van der Waals surface area contributed by atoms with Gasteiger partial charge in [0.15, 0.2) is 0 Å². The maximum absolute atomic E-state index is 6.31. The van der Waals surface area contributed by atoms with Crippen molar-refractivity contribution in [2.24, 2.45) is 0 Å². The lowest BCUT2D eigenvalue weighted by atomic mass is 9.74. The molecule has 4 aromatic heterocycles. The van der Waals surface area contributed by atoms with Crippen LogP contribution in [0.4, 0.5) is 0 Å². The second kappa shape index (κ2) is 21.4. The third-order valence-electron chi connectivity index (χ3n) is 18.2. The predicted molar refractivity (Wildman–Crippen MR) is 383 cm³/mol. The fraction of sp³-hybridized carbons (Fsp3) is 0.386. The van der Waals surface area contributed by atoms with Crippen LogP contribution >= 0.6 is 0 Å². The predicted octanol–water partition coefficient (Wildman–Crippen LogP) is 23.3. The molecule has 0 amide bonds. The Morgan fingerprint density at radius 3 is 0.820 bits per heavy atom. The summed E-state index contributed by atoms with van der Waals surface area (Å²) in [5.74, 6) is 0.790. The van der Waals surface area contributed by atoms with Crippen LogP contribution in [0.25, 0.3) is 113 Å². The lowest BCUT2D eigenvalue weighted by molar-refractivity contribution is 0.571. The lowest BCUT2D eigenvalue weighted by Gasteiger charge is -2.31. The number of benzene rings is 5. The first kappa shape index (κ1) is 62.8. The van der Waals surface area contributed by atoms with Crippen molar-refractivity contribution in [2.45, 2.75) is 209 Å². The molecule has 0 saturated heterocycles. The van der Waals surface area contributed by atoms with E-state index in [1.165, 1.54) is 66.8 Å². The van der Waals surface area contributed by atoms with Gasteiger partial charge < -0.3 is 15.0 Å². The minimum absolute atomic E-state index is 0.232. The van der Waals surface area contributed by atoms with Crippen LogP contribution in [0.15, 0.2) is 127 Å². The summed E-state index contributed by atoms with van der Waals surface area (Å²) < 4.78 is 0. The van der Waals surface area contributed by atoms with Gasteiger partial charge in [-0.25, -0.2) is 15.0 Å². The molecule has 0 unspecified atom stereocenters. The van der Waals surface area contributed by atoms with Crippen LogP contribution < -0.4 is 0 Å². The van der Waals surface area contributed by atoms with E-state index in [9.17, 15) is 0 Å². The topological polar surface area (TPSA) is 86.0 Å². The monoisotopic (exact) mass is 1180 g/mol. The second-order valence-corrected chi connectivity index (χ2v) is 33.7. The zero-order valence-corrected chi connectivity index (χ0v) is 58.1. The summed E-state index contributed by atoms with van der Waals surface area (Å²) in [7, 11) is 0. The number of fused-ring (bicyclic) bond motifs is 11. The van der Waals surface area contributed by atoms with E-state index in [1.54, 1.807) is 0 Å². The van der Waals surface area contributed by atoms with Gasteiger partial charge in [0.05, 0.1) is 22.8 Å². The van der Waals surface area contributed by atoms with E-state index in [0.29, 0.717) is 0 Å². The molecule has 6 nitrogen and oxygen atoms in total. The summed E-state index contributed by atoms with van der Waals surface area (Å²) >= 11 is 0. The highest BCUT2D eigenvalue weighted by Gasteiger charge is 2.38. The molecular weight excluding hydrogens is 1080 g/mol. The van der Waals surface area contributed by atoms with Gasteiger partial charge >= 0.3 is 0 Å². The van der Waals surface area contributed by atoms with E-state index in [-0.39, 0.29) is 43.3 Å². The first-order valence-corrected chi connectivity index (χ1v) is 32.5. The third-order valence-corrected chi connectivity index (χ3v) is 18.2. The van der Waals surface area contributed by atoms with Crippen LogP contribution in [-0.4, -0.2) is 29.9 Å². The molecule has 5 aromatic carbocycles. The van der Waals surface area contributed by atoms with Crippen molar-refractivity contribution in [1.82, 2.24) is 29.9 Å². The van der Waals surface area contributed by atoms with Crippen LogP contribution in [0.5, 0.6) is 0 Å². The minimum atomic E-state index is -0.276. The molecule has 460 valence electrons. The van der Waals surface area contributed by atoms with E-state index in [0.717, 1.165) is 89.9 Å². The summed E-state index contributed by atoms with van der Waals surface area (Å²) in [6.45, 7) is 56.4. The fourth-order valence-electron chi connectivity index (χ4n) is 13.9. The molecule has 0 spiro atoms. The van der Waals surface area contributed by atoms with Gasteiger partial charge in [0.2, 0.25) is 0 Å². The Hall–Kier alpha value is -7.83. The minimum Gasteiger partial charge on any atom is -0.354 e. The summed E-state index contributed by atoms with van der Waals surface area (Å²) in [5, 5.41) is 0. The molecular formula is C83H98N6. The first-order valence-electron chi connectivity index (χ1n) is 32.5. The van der Waals surface area contributed by atoms with Crippen LogP contribution in [0.3, 0.4) is 0 Å². The van der Waals surface area contributed by atoms with E-state index in [2.05, 4.69) is 321 Å². The summed E-state index contributed by atoms with van der Waals surface area (Å²) in [4.78, 5) is 30.9. The van der Waals surface area contributed by atoms with Crippen molar-refractivity contribution < 1.29 is 0 Å². The smallest absolute Gasteiger partial charge is 0.138 e. The van der Waals surface area contributed by atoms with Crippen molar-refractivity contribution in [3.05, 3.63) is 183 Å². The van der Waals surface area contributed by atoms with Crippen LogP contribution in [-0.2, 0) is 43.3 Å². The van der Waals surface area contributed by atoms with Crippen molar-refractivity contribution in [3.63, 3.8) is 0 Å². The van der Waals surface area contributed by atoms with E-state index in [4.69, 9.17) is 15.0 Å². The van der Waals surface area contributed by atoms with E-state index < -0.39 is 0 Å². The third kappa shape index (κ3) is 11.4. The Bertz CT molecular complexity index is 4080. The maximum atomic E-state index is 6.31. The molecule has 89 heavy (non-hydrogen) atoms. The molecule has 3 N–H and O–H groups in total. The zero-order chi connectivity index (χ0) is 64.7. The number of aromatic nitrogens is 6. The number of imidazole rings is 1. The number of rotatable bonds is 5. The molecule has 6 heteroatoms. The molecule has 2 aliphatic heterocycles. The quantitative estimate of drug-likeness (QED) is 0.160. The van der Waals surface area contributed by atoms with Crippen molar-refractivity contribution >= 4 is 34.2 Å². The molecule has 9 aromatic rings. The molecule has 6 heterocycles. The molecule has 0 fully saturated rings. The maximum Gasteiger partial charge on any atom is 0.138 e. The largest absolute Gasteiger partial charge is 0.354 e. The standard InChI is InChI=1S/C83H98N6/c1-76(2,3)49-34-28-35-50(77(4,5)6)63(49)67-57-42-43-58(84-57)68(64-51(78(7,8)9)36-29-37-52(64)79(10,11)12)60-45-47-62(86-60)70(66-55(82(19,20)21)40-31-41-56(66)83(22,23)24)72-74-73(88-75(89-74)48-32-26-25-27-33-48)71(87-72)69(61-46-44-59(67)85-61)65-53(80(13,14)15)38-30-39-54(65)81(16,17)18/h25-47,85-86H,1-24H3,(H,88,89). The van der Waals surface area contributed by atoms with Crippen LogP contribution in [0, 0.1) is 0 Å². The number of nitrogens with zero attached hydrogens (tertiary/aromatic N) is 3. The van der Waals surface area contributed by atoms with Crippen molar-refractivity contribution in [1.29, 1.82) is 0 Å². The lowest BCUT2D eigenvalue weighted by Crippen LogP contribution is -2.19. The van der Waals surface area contributed by atoms with Gasteiger partial charge in [-0.2, -0.15) is 0 Å². The van der Waals surface area contributed by atoms with Gasteiger partial charge in [0, 0.05) is 49.9 Å².